The van der Waals surface area contributed by atoms with E-state index >= 15 is 4.39 Å². The third-order valence-electron chi connectivity index (χ3n) is 7.02. The van der Waals surface area contributed by atoms with Gasteiger partial charge >= 0.3 is 0 Å². The molecule has 1 atom stereocenters. The summed E-state index contributed by atoms with van der Waals surface area (Å²) in [5, 5.41) is 1.63. The van der Waals surface area contributed by atoms with E-state index in [4.69, 9.17) is 11.6 Å². The smallest absolute Gasteiger partial charge is 0.253 e. The molecule has 172 valence electrons. The molecule has 2 heterocycles. The number of nitrogens with one attached hydrogen (secondary N) is 1. The van der Waals surface area contributed by atoms with Crippen molar-refractivity contribution in [3.05, 3.63) is 64.2 Å². The number of pyridine rings is 1. The zero-order valence-corrected chi connectivity index (χ0v) is 22.0. The van der Waals surface area contributed by atoms with Crippen LogP contribution >= 0.6 is 11.6 Å². The third kappa shape index (κ3) is 5.62. The van der Waals surface area contributed by atoms with Crippen molar-refractivity contribution in [1.82, 2.24) is 15.2 Å². The highest BCUT2D eigenvalue weighted by molar-refractivity contribution is 6.58. The Balaban J connectivity index is 1.71. The Labute approximate surface area is 212 Å². The summed E-state index contributed by atoms with van der Waals surface area (Å²) in [6.07, 6.45) is 2.04. The molecule has 3 rings (SSSR count). The minimum Gasteiger partial charge on any atom is -0.350 e. The average molecular weight is 477 g/mol. The van der Waals surface area contributed by atoms with Crippen LogP contribution in [0.3, 0.4) is 0 Å². The molecule has 1 fully saturated rings. The first kappa shape index (κ1) is 27.0. The molecular weight excluding hydrogens is 447 g/mol. The Bertz CT molecular complexity index is 1070. The summed E-state index contributed by atoms with van der Waals surface area (Å²) in [6, 6.07) is 7.97. The molecule has 1 N–H and O–H groups in total. The van der Waals surface area contributed by atoms with Crippen molar-refractivity contribution in [2.75, 3.05) is 13.1 Å². The molecule has 1 aromatic heterocycles. The number of rotatable bonds is 6. The van der Waals surface area contributed by atoms with Gasteiger partial charge in [0.05, 0.1) is 34.3 Å². The fourth-order valence-electron chi connectivity index (χ4n) is 4.57. The number of piperidine rings is 1. The van der Waals surface area contributed by atoms with Gasteiger partial charge in [-0.1, -0.05) is 22.8 Å². The predicted molar refractivity (Wildman–Crippen MR) is 154 cm³/mol. The Morgan fingerprint density at radius 2 is 1.85 bits per heavy atom. The molecule has 1 aliphatic heterocycles. The molecule has 34 heavy (non-hydrogen) atoms. The number of aromatic nitrogens is 1. The Morgan fingerprint density at radius 3 is 2.41 bits per heavy atom. The van der Waals surface area contributed by atoms with E-state index in [0.29, 0.717) is 12.1 Å². The van der Waals surface area contributed by atoms with E-state index in [2.05, 4.69) is 39.9 Å². The van der Waals surface area contributed by atoms with Gasteiger partial charge in [0, 0.05) is 31.4 Å². The molecule has 1 amide bonds. The monoisotopic (exact) mass is 477 g/mol. The highest BCUT2D eigenvalue weighted by Crippen LogP contribution is 2.47. The second kappa shape index (κ2) is 9.46. The van der Waals surface area contributed by atoms with Crippen molar-refractivity contribution in [2.45, 2.75) is 34.3 Å². The number of amides is 1. The number of carbonyl (C=O) groups excluding carboxylic acids is 1. The number of hydrogen-bond donors (Lipinski definition) is 1. The highest BCUT2D eigenvalue weighted by Gasteiger charge is 2.55. The van der Waals surface area contributed by atoms with E-state index in [1.807, 2.05) is 43.6 Å². The summed E-state index contributed by atoms with van der Waals surface area (Å²) in [6.45, 7) is 0.838. The summed E-state index contributed by atoms with van der Waals surface area (Å²) < 4.78 is 30.0. The van der Waals surface area contributed by atoms with E-state index < -0.39 is 22.0 Å². The molecule has 1 aromatic carbocycles. The second-order valence-electron chi connectivity index (χ2n) is 11.8. The SMILES string of the molecule is BC(B)(B)c1ccc(CNCC2(F)CC(B)(B)N(C(=O)c3ccc(F)c(Cl)c3)CC2(B)B)nc1. The standard InChI is InChI=1S/C20H29B7ClF2N3O/c21-18(22)10-33(16(34)11-1-4-15(29)14(28)5-11)19(23,24)8-17(18,30)9-31-7-13-3-2-12(6-32-13)20(25,26)27/h1-6,31H,7-10,21-27H2. The summed E-state index contributed by atoms with van der Waals surface area (Å²) in [5.41, 5.74) is 0.763. The topological polar surface area (TPSA) is 45.2 Å². The van der Waals surface area contributed by atoms with Crippen LogP contribution < -0.4 is 5.32 Å². The van der Waals surface area contributed by atoms with Gasteiger partial charge in [-0.15, -0.1) is 0 Å². The summed E-state index contributed by atoms with van der Waals surface area (Å²) in [7, 11) is 13.8. The van der Waals surface area contributed by atoms with Crippen molar-refractivity contribution in [1.29, 1.82) is 0 Å². The van der Waals surface area contributed by atoms with Crippen molar-refractivity contribution >= 4 is 72.4 Å². The van der Waals surface area contributed by atoms with Crippen molar-refractivity contribution in [2.24, 2.45) is 0 Å². The van der Waals surface area contributed by atoms with Gasteiger partial charge in [-0.3, -0.25) is 9.78 Å². The van der Waals surface area contributed by atoms with E-state index in [1.165, 1.54) is 18.2 Å². The van der Waals surface area contributed by atoms with Crippen LogP contribution in [0.5, 0.6) is 0 Å². The lowest BCUT2D eigenvalue weighted by Gasteiger charge is -2.57. The van der Waals surface area contributed by atoms with Gasteiger partial charge in [-0.2, -0.15) is 0 Å². The normalized spacial score (nSPS) is 21.8. The zero-order chi connectivity index (χ0) is 25.5. The highest BCUT2D eigenvalue weighted by atomic mass is 35.5. The van der Waals surface area contributed by atoms with E-state index in [0.717, 1.165) is 11.3 Å². The number of halogens is 3. The molecule has 1 unspecified atom stereocenters. The third-order valence-corrected chi connectivity index (χ3v) is 7.31. The molecule has 2 aromatic rings. The van der Waals surface area contributed by atoms with Gasteiger partial charge in [-0.25, -0.2) is 8.78 Å². The number of alkyl halides is 1. The fourth-order valence-corrected chi connectivity index (χ4v) is 4.75. The lowest BCUT2D eigenvalue weighted by molar-refractivity contribution is 0.0155. The lowest BCUT2D eigenvalue weighted by atomic mass is 9.39. The molecule has 1 aliphatic rings. The van der Waals surface area contributed by atoms with Gasteiger partial charge in [0.2, 0.25) is 0 Å². The molecular formula is C20H29B7ClF2N3O. The van der Waals surface area contributed by atoms with Crippen LogP contribution in [-0.4, -0.2) is 94.8 Å². The van der Waals surface area contributed by atoms with Gasteiger partial charge in [-0.05, 0) is 46.8 Å². The van der Waals surface area contributed by atoms with Crippen LogP contribution in [-0.2, 0) is 11.7 Å². The quantitative estimate of drug-likeness (QED) is 0.441. The maximum absolute atomic E-state index is 16.4. The van der Waals surface area contributed by atoms with Crippen molar-refractivity contribution in [3.8, 4) is 0 Å². The first-order valence-corrected chi connectivity index (χ1v) is 12.1. The van der Waals surface area contributed by atoms with Crippen molar-refractivity contribution < 1.29 is 13.6 Å². The summed E-state index contributed by atoms with van der Waals surface area (Å²) in [5.74, 6) is -0.856. The first-order chi connectivity index (χ1) is 15.6. The van der Waals surface area contributed by atoms with Crippen LogP contribution in [0.2, 0.25) is 10.2 Å². The maximum atomic E-state index is 16.4. The summed E-state index contributed by atoms with van der Waals surface area (Å²) >= 11 is 5.89. The number of hydrogen-bond acceptors (Lipinski definition) is 3. The van der Waals surface area contributed by atoms with Crippen LogP contribution in [0.1, 0.15) is 28.0 Å². The minimum absolute atomic E-state index is 0.0300. The lowest BCUT2D eigenvalue weighted by Crippen LogP contribution is -2.68. The van der Waals surface area contributed by atoms with Crippen LogP contribution in [0, 0.1) is 5.82 Å². The Morgan fingerprint density at radius 1 is 1.18 bits per heavy atom. The predicted octanol–water partition coefficient (Wildman–Crippen LogP) is -3.47. The molecule has 0 saturated carbocycles. The van der Waals surface area contributed by atoms with Crippen LogP contribution in [0.25, 0.3) is 0 Å². The van der Waals surface area contributed by atoms with Gasteiger partial charge in [0.25, 0.3) is 5.91 Å². The zero-order valence-electron chi connectivity index (χ0n) is 21.2. The van der Waals surface area contributed by atoms with E-state index in [1.54, 1.807) is 4.90 Å². The maximum Gasteiger partial charge on any atom is 0.253 e. The number of benzene rings is 1. The fraction of sp³-hybridized carbons (Fsp3) is 0.400. The summed E-state index contributed by atoms with van der Waals surface area (Å²) in [4.78, 5) is 19.5. The minimum atomic E-state index is -1.54. The van der Waals surface area contributed by atoms with Gasteiger partial charge in [0.1, 0.15) is 42.9 Å². The average Bonchev–Trinajstić information content (AvgIpc) is 2.72. The second-order valence-corrected chi connectivity index (χ2v) is 12.2. The molecule has 0 spiro atoms. The van der Waals surface area contributed by atoms with E-state index in [-0.39, 0.29) is 35.6 Å². The number of likely N-dealkylation sites (tertiary alicyclic amines) is 1. The largest absolute Gasteiger partial charge is 0.350 e. The molecule has 1 saturated heterocycles. The van der Waals surface area contributed by atoms with Crippen LogP contribution in [0.4, 0.5) is 8.78 Å². The van der Waals surface area contributed by atoms with Gasteiger partial charge < -0.3 is 10.2 Å². The Hall–Kier alpha value is -1.60. The molecule has 4 nitrogen and oxygen atoms in total. The van der Waals surface area contributed by atoms with Crippen molar-refractivity contribution in [3.63, 3.8) is 0 Å². The number of nitrogens with zero attached hydrogens (tertiary/aromatic N) is 2. The molecule has 14 heteroatoms. The van der Waals surface area contributed by atoms with Crippen LogP contribution in [0.15, 0.2) is 36.5 Å². The molecule has 0 radical (unpaired) electrons. The Kier molecular flexibility index (Phi) is 7.51. The molecule has 0 aliphatic carbocycles. The van der Waals surface area contributed by atoms with E-state index in [9.17, 15) is 9.18 Å². The van der Waals surface area contributed by atoms with Gasteiger partial charge in [0.15, 0.2) is 0 Å². The molecule has 0 bridgehead atoms. The first-order valence-electron chi connectivity index (χ1n) is 11.7. The number of carbonyl (C=O) groups is 1.